The van der Waals surface area contributed by atoms with Gasteiger partial charge < -0.3 is 0 Å². The molecule has 2 aromatic rings. The Morgan fingerprint density at radius 2 is 1.79 bits per heavy atom. The number of hydrogen-bond acceptors (Lipinski definition) is 3. The number of benzene rings is 2. The van der Waals surface area contributed by atoms with E-state index in [1.807, 2.05) is 42.5 Å². The second-order valence-electron chi connectivity index (χ2n) is 7.14. The fourth-order valence-corrected chi connectivity index (χ4v) is 5.82. The van der Waals surface area contributed by atoms with Crippen LogP contribution in [0, 0.1) is 5.92 Å². The fraction of sp³-hybridized carbons (Fsp3) is 0.227. The van der Waals surface area contributed by atoms with E-state index in [-0.39, 0.29) is 17.9 Å². The van der Waals surface area contributed by atoms with Crippen LogP contribution in [-0.4, -0.2) is 21.6 Å². The molecule has 2 heterocycles. The summed E-state index contributed by atoms with van der Waals surface area (Å²) in [5, 5.41) is 1.46. The predicted octanol–water partition coefficient (Wildman–Crippen LogP) is 5.22. The average Bonchev–Trinajstić information content (AvgIpc) is 3.28. The van der Waals surface area contributed by atoms with Crippen molar-refractivity contribution in [1.82, 2.24) is 0 Å². The number of imide groups is 1. The van der Waals surface area contributed by atoms with Crippen molar-refractivity contribution >= 4 is 46.0 Å². The number of urea groups is 1. The summed E-state index contributed by atoms with van der Waals surface area (Å²) in [6, 6.07) is 16.4. The van der Waals surface area contributed by atoms with Crippen LogP contribution in [0.1, 0.15) is 24.8 Å². The normalized spacial score (nSPS) is 21.5. The lowest BCUT2D eigenvalue weighted by atomic mass is 9.96. The molecule has 0 aromatic heterocycles. The maximum absolute atomic E-state index is 13.4. The Balaban J connectivity index is 1.64. The molecule has 0 saturated carbocycles. The van der Waals surface area contributed by atoms with E-state index in [1.54, 1.807) is 28.5 Å². The quantitative estimate of drug-likeness (QED) is 0.652. The minimum absolute atomic E-state index is 0.138. The molecular weight excluding hydrogens is 392 g/mol. The molecule has 0 saturated heterocycles. The van der Waals surface area contributed by atoms with E-state index in [0.717, 1.165) is 29.9 Å². The lowest BCUT2D eigenvalue weighted by Gasteiger charge is -2.25. The van der Waals surface area contributed by atoms with Gasteiger partial charge in [-0.1, -0.05) is 59.8 Å². The lowest BCUT2D eigenvalue weighted by molar-refractivity contribution is -0.443. The summed E-state index contributed by atoms with van der Waals surface area (Å²) < 4.78 is 1.74. The number of rotatable bonds is 3. The molecule has 3 amide bonds. The molecule has 0 fully saturated rings. The highest BCUT2D eigenvalue weighted by molar-refractivity contribution is 8.17. The maximum atomic E-state index is 13.4. The topological polar surface area (TPSA) is 40.4 Å². The van der Waals surface area contributed by atoms with E-state index < -0.39 is 0 Å². The number of carbonyl (C=O) groups is 2. The molecule has 5 rings (SSSR count). The van der Waals surface area contributed by atoms with Crippen LogP contribution >= 0.6 is 23.4 Å². The highest BCUT2D eigenvalue weighted by Gasteiger charge is 2.54. The van der Waals surface area contributed by atoms with Gasteiger partial charge in [-0.15, -0.1) is 4.90 Å². The molecule has 1 aliphatic carbocycles. The Kier molecular flexibility index (Phi) is 4.37. The average molecular weight is 410 g/mol. The molecule has 6 heteroatoms. The minimum Gasteiger partial charge on any atom is -0.245 e. The molecular formula is C22H18ClN2O2S+. The van der Waals surface area contributed by atoms with Crippen LogP contribution < -0.4 is 4.90 Å². The summed E-state index contributed by atoms with van der Waals surface area (Å²) in [5.41, 5.74) is 2.68. The van der Waals surface area contributed by atoms with Crippen molar-refractivity contribution in [3.63, 3.8) is 0 Å². The predicted molar refractivity (Wildman–Crippen MR) is 112 cm³/mol. The molecule has 2 aliphatic heterocycles. The molecule has 140 valence electrons. The van der Waals surface area contributed by atoms with Gasteiger partial charge >= 0.3 is 11.9 Å². The van der Waals surface area contributed by atoms with Gasteiger partial charge in [-0.3, -0.25) is 0 Å². The van der Waals surface area contributed by atoms with Gasteiger partial charge in [0.25, 0.3) is 0 Å². The van der Waals surface area contributed by atoms with Gasteiger partial charge in [0.05, 0.1) is 0 Å². The van der Waals surface area contributed by atoms with Crippen LogP contribution in [0.15, 0.2) is 65.1 Å². The summed E-state index contributed by atoms with van der Waals surface area (Å²) in [7, 11) is 0. The van der Waals surface area contributed by atoms with E-state index in [1.165, 1.54) is 15.4 Å². The second-order valence-corrected chi connectivity index (χ2v) is 8.67. The van der Waals surface area contributed by atoms with Gasteiger partial charge in [-0.25, -0.2) is 4.79 Å². The van der Waals surface area contributed by atoms with Crippen LogP contribution in [0.5, 0.6) is 0 Å². The molecule has 4 nitrogen and oxygen atoms in total. The largest absolute Gasteiger partial charge is 0.506 e. The van der Waals surface area contributed by atoms with E-state index in [4.69, 9.17) is 11.6 Å². The number of fused-ring (bicyclic) bond motifs is 2. The van der Waals surface area contributed by atoms with Crippen LogP contribution in [0.25, 0.3) is 0 Å². The summed E-state index contributed by atoms with van der Waals surface area (Å²) in [6.07, 6.45) is 3.00. The monoisotopic (exact) mass is 409 g/mol. The zero-order valence-electron chi connectivity index (χ0n) is 15.1. The van der Waals surface area contributed by atoms with Gasteiger partial charge in [-0.05, 0) is 47.9 Å². The van der Waals surface area contributed by atoms with Gasteiger partial charge in [-0.2, -0.15) is 9.37 Å². The zero-order chi connectivity index (χ0) is 19.3. The second kappa shape index (κ2) is 6.90. The third kappa shape index (κ3) is 2.73. The van der Waals surface area contributed by atoms with Crippen molar-refractivity contribution in [2.75, 3.05) is 4.90 Å². The van der Waals surface area contributed by atoms with Gasteiger partial charge in [0.1, 0.15) is 12.2 Å². The van der Waals surface area contributed by atoms with Crippen molar-refractivity contribution in [1.29, 1.82) is 0 Å². The van der Waals surface area contributed by atoms with Crippen molar-refractivity contribution in [3.8, 4) is 0 Å². The number of allylic oxidation sites excluding steroid dienone is 1. The minimum atomic E-state index is -0.345. The smallest absolute Gasteiger partial charge is 0.245 e. The first-order valence-corrected chi connectivity index (χ1v) is 10.5. The lowest BCUT2D eigenvalue weighted by Crippen LogP contribution is -2.53. The first-order valence-electron chi connectivity index (χ1n) is 9.35. The Bertz CT molecular complexity index is 1060. The number of para-hydroxylation sites is 1. The van der Waals surface area contributed by atoms with E-state index in [0.29, 0.717) is 17.3 Å². The Labute approximate surface area is 172 Å². The number of carbonyl (C=O) groups excluding carboxylic acids is 2. The molecule has 28 heavy (non-hydrogen) atoms. The summed E-state index contributed by atoms with van der Waals surface area (Å²) >= 11 is 7.98. The van der Waals surface area contributed by atoms with E-state index in [2.05, 4.69) is 0 Å². The first-order chi connectivity index (χ1) is 13.6. The molecule has 0 spiro atoms. The zero-order valence-corrected chi connectivity index (χ0v) is 16.7. The third-order valence-corrected chi connectivity index (χ3v) is 7.23. The summed E-state index contributed by atoms with van der Waals surface area (Å²) in [4.78, 5) is 29.5. The highest BCUT2D eigenvalue weighted by Crippen LogP contribution is 2.49. The third-order valence-electron chi connectivity index (χ3n) is 5.49. The van der Waals surface area contributed by atoms with Gasteiger partial charge in [0.15, 0.2) is 11.0 Å². The molecule has 0 bridgehead atoms. The Morgan fingerprint density at radius 1 is 1.04 bits per heavy atom. The molecule has 1 unspecified atom stereocenters. The van der Waals surface area contributed by atoms with Crippen molar-refractivity contribution in [2.24, 2.45) is 5.92 Å². The van der Waals surface area contributed by atoms with E-state index in [9.17, 15) is 9.59 Å². The molecule has 2 aromatic carbocycles. The highest BCUT2D eigenvalue weighted by atomic mass is 35.5. The number of nitrogens with zero attached hydrogens (tertiary/aromatic N) is 2. The number of thioether (sulfide) groups is 1. The van der Waals surface area contributed by atoms with Crippen molar-refractivity contribution in [2.45, 2.75) is 25.8 Å². The molecule has 0 radical (unpaired) electrons. The Morgan fingerprint density at radius 3 is 2.57 bits per heavy atom. The van der Waals surface area contributed by atoms with Crippen LogP contribution in [0.2, 0.25) is 5.02 Å². The summed E-state index contributed by atoms with van der Waals surface area (Å²) in [5.74, 6) is -0.482. The molecule has 1 atom stereocenters. The van der Waals surface area contributed by atoms with Crippen LogP contribution in [0.3, 0.4) is 0 Å². The summed E-state index contributed by atoms with van der Waals surface area (Å²) in [6.45, 7) is 0.356. The number of amides is 3. The van der Waals surface area contributed by atoms with Crippen molar-refractivity contribution < 1.29 is 14.2 Å². The number of halogens is 1. The number of anilines is 1. The molecule has 3 aliphatic rings. The fourth-order valence-electron chi connectivity index (χ4n) is 4.16. The van der Waals surface area contributed by atoms with Crippen LogP contribution in [0.4, 0.5) is 10.5 Å². The molecule has 0 N–H and O–H groups in total. The van der Waals surface area contributed by atoms with Gasteiger partial charge in [0, 0.05) is 10.6 Å². The SMILES string of the molecule is O=C1C2C3=C(CCC3)SC2=[N+](Cc2ccccc2Cl)C(=O)N1c1ccccc1. The Hall–Kier alpha value is -2.37. The van der Waals surface area contributed by atoms with Crippen molar-refractivity contribution in [3.05, 3.63) is 75.7 Å². The maximum Gasteiger partial charge on any atom is 0.506 e. The van der Waals surface area contributed by atoms with Gasteiger partial charge in [0.2, 0.25) is 0 Å². The van der Waals surface area contributed by atoms with Crippen LogP contribution in [-0.2, 0) is 11.3 Å². The van der Waals surface area contributed by atoms with E-state index >= 15 is 0 Å². The first kappa shape index (κ1) is 17.7. The number of hydrogen-bond donors (Lipinski definition) is 0. The standard InChI is InChI=1S/C22H18ClN2O2S/c23-17-11-5-4-7-14(17)13-24-21-19(16-10-6-12-18(16)28-21)20(26)25(22(24)27)15-8-2-1-3-9-15/h1-5,7-9,11,19H,6,10,12-13H2/q+1.